The largest absolute Gasteiger partial charge is 0.266 e. The highest BCUT2D eigenvalue weighted by molar-refractivity contribution is 14.1. The van der Waals surface area contributed by atoms with Gasteiger partial charge in [-0.25, -0.2) is 4.39 Å². The van der Waals surface area contributed by atoms with Crippen molar-refractivity contribution in [3.05, 3.63) is 49.5 Å². The highest BCUT2D eigenvalue weighted by Crippen LogP contribution is 2.20. The normalized spacial score (nSPS) is 10.8. The average Bonchev–Trinajstić information content (AvgIpc) is 2.54. The maximum atomic E-state index is 13.6. The molecule has 0 spiro atoms. The van der Waals surface area contributed by atoms with E-state index in [1.807, 2.05) is 22.6 Å². The first-order valence-electron chi connectivity index (χ1n) is 4.39. The molecule has 0 aliphatic rings. The Kier molecular flexibility index (Phi) is 3.71. The van der Waals surface area contributed by atoms with Gasteiger partial charge in [0.25, 0.3) is 0 Å². The molecule has 0 aliphatic heterocycles. The first kappa shape index (κ1) is 12.1. The molecule has 0 saturated heterocycles. The molecule has 0 aliphatic carbocycles. The highest BCUT2D eigenvalue weighted by atomic mass is 127. The molecule has 0 fully saturated rings. The fourth-order valence-corrected chi connectivity index (χ4v) is 2.06. The Morgan fingerprint density at radius 2 is 2.06 bits per heavy atom. The molecule has 0 saturated carbocycles. The topological polar surface area (TPSA) is 17.8 Å². The molecule has 2 aromatic rings. The summed E-state index contributed by atoms with van der Waals surface area (Å²) in [7, 11) is 0. The van der Waals surface area contributed by atoms with Crippen LogP contribution in [-0.4, -0.2) is 9.78 Å². The van der Waals surface area contributed by atoms with Crippen molar-refractivity contribution in [1.82, 2.24) is 9.78 Å². The predicted molar refractivity (Wildman–Crippen MR) is 70.5 cm³/mol. The summed E-state index contributed by atoms with van der Waals surface area (Å²) < 4.78 is 15.9. The molecule has 0 N–H and O–H groups in total. The summed E-state index contributed by atoms with van der Waals surface area (Å²) in [5, 5.41) is 4.81. The van der Waals surface area contributed by atoms with Gasteiger partial charge >= 0.3 is 0 Å². The van der Waals surface area contributed by atoms with Crippen molar-refractivity contribution in [2.24, 2.45) is 0 Å². The molecule has 0 amide bonds. The summed E-state index contributed by atoms with van der Waals surface area (Å²) in [5.74, 6) is -0.411. The van der Waals surface area contributed by atoms with E-state index in [2.05, 4.69) is 5.10 Å². The predicted octanol–water partition coefficient (Wildman–Crippen LogP) is 3.98. The third-order valence-corrected chi connectivity index (χ3v) is 3.72. The summed E-state index contributed by atoms with van der Waals surface area (Å²) in [4.78, 5) is 0. The second-order valence-corrected chi connectivity index (χ2v) is 5.01. The monoisotopic (exact) mass is 370 g/mol. The minimum Gasteiger partial charge on any atom is -0.266 e. The fraction of sp³-hybridized carbons (Fsp3) is 0.100. The zero-order valence-electron chi connectivity index (χ0n) is 7.92. The van der Waals surface area contributed by atoms with Crippen molar-refractivity contribution >= 4 is 45.8 Å². The Morgan fingerprint density at radius 3 is 2.69 bits per heavy atom. The molecule has 6 heteroatoms. The van der Waals surface area contributed by atoms with Gasteiger partial charge in [0.15, 0.2) is 0 Å². The number of hydrogen-bond acceptors (Lipinski definition) is 1. The Morgan fingerprint density at radius 1 is 1.31 bits per heavy atom. The molecule has 0 bridgehead atoms. The Bertz CT molecular complexity index is 508. The number of rotatable bonds is 2. The molecular formula is C10H6Cl2FIN2. The van der Waals surface area contributed by atoms with Gasteiger partial charge in [-0.3, -0.25) is 4.68 Å². The maximum absolute atomic E-state index is 13.6. The summed E-state index contributed by atoms with van der Waals surface area (Å²) in [6, 6.07) is 4.89. The van der Waals surface area contributed by atoms with Gasteiger partial charge in [-0.2, -0.15) is 5.10 Å². The Labute approximate surface area is 115 Å². The van der Waals surface area contributed by atoms with E-state index in [1.165, 1.54) is 6.07 Å². The van der Waals surface area contributed by atoms with Gasteiger partial charge < -0.3 is 0 Å². The maximum Gasteiger partial charge on any atom is 0.146 e. The first-order valence-corrected chi connectivity index (χ1v) is 6.22. The third kappa shape index (κ3) is 2.49. The molecule has 84 valence electrons. The van der Waals surface area contributed by atoms with Gasteiger partial charge in [-0.1, -0.05) is 35.3 Å². The summed E-state index contributed by atoms with van der Waals surface area (Å²) >= 11 is 13.6. The lowest BCUT2D eigenvalue weighted by molar-refractivity contribution is 0.584. The number of aromatic nitrogens is 2. The van der Waals surface area contributed by atoms with Gasteiger partial charge in [-0.15, -0.1) is 0 Å². The van der Waals surface area contributed by atoms with Crippen LogP contribution in [-0.2, 0) is 6.54 Å². The van der Waals surface area contributed by atoms with E-state index < -0.39 is 5.82 Å². The number of halogens is 4. The van der Waals surface area contributed by atoms with Crippen LogP contribution in [0.25, 0.3) is 0 Å². The molecule has 1 aromatic carbocycles. The van der Waals surface area contributed by atoms with Gasteiger partial charge in [0.05, 0.1) is 16.6 Å². The van der Waals surface area contributed by atoms with Crippen LogP contribution >= 0.6 is 45.8 Å². The fourth-order valence-electron chi connectivity index (χ4n) is 1.30. The van der Waals surface area contributed by atoms with Crippen molar-refractivity contribution in [1.29, 1.82) is 0 Å². The van der Waals surface area contributed by atoms with E-state index in [1.54, 1.807) is 23.0 Å². The molecule has 1 heterocycles. The van der Waals surface area contributed by atoms with Gasteiger partial charge in [0.2, 0.25) is 0 Å². The zero-order chi connectivity index (χ0) is 11.7. The van der Waals surface area contributed by atoms with Crippen LogP contribution < -0.4 is 0 Å². The van der Waals surface area contributed by atoms with Gasteiger partial charge in [0.1, 0.15) is 9.52 Å². The van der Waals surface area contributed by atoms with Crippen LogP contribution in [0.5, 0.6) is 0 Å². The van der Waals surface area contributed by atoms with E-state index >= 15 is 0 Å². The van der Waals surface area contributed by atoms with E-state index in [0.717, 1.165) is 0 Å². The molecule has 2 rings (SSSR count). The van der Waals surface area contributed by atoms with Crippen LogP contribution in [0.3, 0.4) is 0 Å². The summed E-state index contributed by atoms with van der Waals surface area (Å²) in [6.07, 6.45) is 1.66. The lowest BCUT2D eigenvalue weighted by Crippen LogP contribution is -2.02. The van der Waals surface area contributed by atoms with Crippen LogP contribution in [0.2, 0.25) is 10.0 Å². The van der Waals surface area contributed by atoms with E-state index in [-0.39, 0.29) is 5.02 Å². The van der Waals surface area contributed by atoms with E-state index in [4.69, 9.17) is 23.2 Å². The van der Waals surface area contributed by atoms with E-state index in [0.29, 0.717) is 20.8 Å². The van der Waals surface area contributed by atoms with E-state index in [9.17, 15) is 4.39 Å². The second-order valence-electron chi connectivity index (χ2n) is 3.18. The minimum atomic E-state index is -0.411. The molecule has 1 aromatic heterocycles. The van der Waals surface area contributed by atoms with Gasteiger partial charge in [-0.05, 0) is 28.7 Å². The highest BCUT2D eigenvalue weighted by Gasteiger charge is 2.09. The van der Waals surface area contributed by atoms with Gasteiger partial charge in [0, 0.05) is 11.8 Å². The molecule has 2 nitrogen and oxygen atoms in total. The SMILES string of the molecule is Fc1c(Cl)cccc1Cn1cc(Cl)c(I)n1. The van der Waals surface area contributed by atoms with Crippen molar-refractivity contribution in [3.63, 3.8) is 0 Å². The average molecular weight is 371 g/mol. The lowest BCUT2D eigenvalue weighted by Gasteiger charge is -2.04. The minimum absolute atomic E-state index is 0.116. The van der Waals surface area contributed by atoms with Crippen molar-refractivity contribution < 1.29 is 4.39 Å². The third-order valence-electron chi connectivity index (χ3n) is 2.04. The number of hydrogen-bond donors (Lipinski definition) is 0. The number of nitrogens with zero attached hydrogens (tertiary/aromatic N) is 2. The van der Waals surface area contributed by atoms with Crippen LogP contribution in [0.4, 0.5) is 4.39 Å². The molecule has 0 unspecified atom stereocenters. The zero-order valence-corrected chi connectivity index (χ0v) is 11.6. The molecular weight excluding hydrogens is 365 g/mol. The smallest absolute Gasteiger partial charge is 0.146 e. The van der Waals surface area contributed by atoms with Crippen LogP contribution in [0.15, 0.2) is 24.4 Å². The number of benzene rings is 1. The Hall–Kier alpha value is -0.330. The van der Waals surface area contributed by atoms with Crippen LogP contribution in [0.1, 0.15) is 5.56 Å². The van der Waals surface area contributed by atoms with Crippen molar-refractivity contribution in [3.8, 4) is 0 Å². The summed E-state index contributed by atoms with van der Waals surface area (Å²) in [6.45, 7) is 0.315. The van der Waals surface area contributed by atoms with Crippen molar-refractivity contribution in [2.75, 3.05) is 0 Å². The molecule has 16 heavy (non-hydrogen) atoms. The lowest BCUT2D eigenvalue weighted by atomic mass is 10.2. The standard InChI is InChI=1S/C10H6Cl2FIN2/c11-7-3-1-2-6(9(7)13)4-16-5-8(12)10(14)15-16/h1-3,5H,4H2. The quantitative estimate of drug-likeness (QED) is 0.731. The first-order chi connectivity index (χ1) is 7.58. The summed E-state index contributed by atoms with van der Waals surface area (Å²) in [5.41, 5.74) is 0.489. The van der Waals surface area contributed by atoms with Crippen LogP contribution in [0, 0.1) is 9.52 Å². The second kappa shape index (κ2) is 4.89. The Balaban J connectivity index is 2.30. The molecule has 0 atom stereocenters. The molecule has 0 radical (unpaired) electrons. The van der Waals surface area contributed by atoms with Crippen molar-refractivity contribution in [2.45, 2.75) is 6.54 Å².